The van der Waals surface area contributed by atoms with Gasteiger partial charge in [-0.2, -0.15) is 4.31 Å². The minimum absolute atomic E-state index is 0.0591. The van der Waals surface area contributed by atoms with Gasteiger partial charge in [0.05, 0.1) is 19.0 Å². The standard InChI is InChI=1S/C22H34N6O5S/c1-22(3-4-22)18-10-16(2-5-28(18)21(29)30)15-33-20-14-24-19(13-25-20)26-6-8-27(9-7-26)34(31,32)17-11-23-12-17/h13-14,16-18,23H,2-12,15H2,1H3,(H,29,30). The first-order chi connectivity index (χ1) is 16.3. The number of carboxylic acid groups (broad SMARTS) is 1. The molecule has 0 aromatic carbocycles. The van der Waals surface area contributed by atoms with E-state index in [0.29, 0.717) is 70.0 Å². The first kappa shape index (κ1) is 23.6. The maximum atomic E-state index is 12.6. The summed E-state index contributed by atoms with van der Waals surface area (Å²) in [5, 5.41) is 12.3. The normalized spacial score (nSPS) is 27.8. The van der Waals surface area contributed by atoms with E-state index in [1.54, 1.807) is 21.6 Å². The number of hydrogen-bond donors (Lipinski definition) is 2. The van der Waals surface area contributed by atoms with Gasteiger partial charge in [0.1, 0.15) is 11.1 Å². The summed E-state index contributed by atoms with van der Waals surface area (Å²) in [6.45, 7) is 6.37. The molecule has 0 spiro atoms. The second-order valence-corrected chi connectivity index (χ2v) is 12.5. The summed E-state index contributed by atoms with van der Waals surface area (Å²) in [5.41, 5.74) is 0.108. The SMILES string of the molecule is CC1(C2CC(COc3cnc(N4CCN(S(=O)(=O)C5CNC5)CC4)cn3)CCN2C(=O)O)CC1. The van der Waals surface area contributed by atoms with Gasteiger partial charge in [-0.1, -0.05) is 6.92 Å². The van der Waals surface area contributed by atoms with Crippen molar-refractivity contribution in [1.29, 1.82) is 0 Å². The number of rotatable bonds is 7. The minimum atomic E-state index is -3.22. The fraction of sp³-hybridized carbons (Fsp3) is 0.773. The molecule has 4 aliphatic rings. The second kappa shape index (κ2) is 9.12. The lowest BCUT2D eigenvalue weighted by molar-refractivity contribution is 0.0483. The average molecular weight is 495 g/mol. The van der Waals surface area contributed by atoms with Crippen LogP contribution in [0.15, 0.2) is 12.4 Å². The van der Waals surface area contributed by atoms with Crippen molar-refractivity contribution in [3.8, 4) is 5.88 Å². The number of sulfonamides is 1. The molecule has 1 aromatic heterocycles. The van der Waals surface area contributed by atoms with Gasteiger partial charge in [0.15, 0.2) is 0 Å². The predicted molar refractivity (Wildman–Crippen MR) is 125 cm³/mol. The van der Waals surface area contributed by atoms with Crippen molar-refractivity contribution in [1.82, 2.24) is 24.5 Å². The lowest BCUT2D eigenvalue weighted by Gasteiger charge is -2.41. The predicted octanol–water partition coefficient (Wildman–Crippen LogP) is 0.838. The Morgan fingerprint density at radius 1 is 1.18 bits per heavy atom. The Morgan fingerprint density at radius 2 is 1.91 bits per heavy atom. The summed E-state index contributed by atoms with van der Waals surface area (Å²) in [6.07, 6.45) is 6.24. The molecule has 0 radical (unpaired) electrons. The van der Waals surface area contributed by atoms with Crippen molar-refractivity contribution in [2.45, 2.75) is 43.9 Å². The zero-order valence-corrected chi connectivity index (χ0v) is 20.4. The van der Waals surface area contributed by atoms with E-state index in [-0.39, 0.29) is 16.7 Å². The summed E-state index contributed by atoms with van der Waals surface area (Å²) in [4.78, 5) is 24.2. The van der Waals surface area contributed by atoms with Crippen LogP contribution in [-0.4, -0.2) is 103 Å². The smallest absolute Gasteiger partial charge is 0.407 e. The summed E-state index contributed by atoms with van der Waals surface area (Å²) in [5.74, 6) is 1.46. The Bertz CT molecular complexity index is 990. The van der Waals surface area contributed by atoms with Crippen LogP contribution in [0.5, 0.6) is 5.88 Å². The number of aromatic nitrogens is 2. The Hall–Kier alpha value is -2.18. The first-order valence-electron chi connectivity index (χ1n) is 12.2. The quantitative estimate of drug-likeness (QED) is 0.566. The van der Waals surface area contributed by atoms with Gasteiger partial charge in [-0.15, -0.1) is 0 Å². The van der Waals surface area contributed by atoms with E-state index in [0.717, 1.165) is 25.7 Å². The Balaban J connectivity index is 1.11. The van der Waals surface area contributed by atoms with Crippen LogP contribution in [-0.2, 0) is 10.0 Å². The molecule has 1 amide bonds. The third-order valence-electron chi connectivity index (χ3n) is 7.97. The number of piperazine rings is 1. The van der Waals surface area contributed by atoms with Gasteiger partial charge in [0, 0.05) is 51.9 Å². The highest BCUT2D eigenvalue weighted by atomic mass is 32.2. The Labute approximate surface area is 200 Å². The van der Waals surface area contributed by atoms with Crippen molar-refractivity contribution in [3.05, 3.63) is 12.4 Å². The van der Waals surface area contributed by atoms with Gasteiger partial charge >= 0.3 is 6.09 Å². The van der Waals surface area contributed by atoms with Crippen LogP contribution in [0.25, 0.3) is 0 Å². The number of nitrogens with one attached hydrogen (secondary N) is 1. The van der Waals surface area contributed by atoms with E-state index in [1.165, 1.54) is 0 Å². The van der Waals surface area contributed by atoms with Crippen molar-refractivity contribution in [2.24, 2.45) is 11.3 Å². The molecule has 188 valence electrons. The molecular formula is C22H34N6O5S. The molecule has 3 saturated heterocycles. The molecule has 4 heterocycles. The van der Waals surface area contributed by atoms with E-state index < -0.39 is 16.1 Å². The van der Waals surface area contributed by atoms with E-state index in [9.17, 15) is 18.3 Å². The minimum Gasteiger partial charge on any atom is -0.476 e. The van der Waals surface area contributed by atoms with Gasteiger partial charge < -0.3 is 25.0 Å². The highest BCUT2D eigenvalue weighted by Gasteiger charge is 2.50. The third-order valence-corrected chi connectivity index (χ3v) is 10.2. The zero-order chi connectivity index (χ0) is 23.9. The van der Waals surface area contributed by atoms with Gasteiger partial charge in [-0.05, 0) is 37.0 Å². The maximum Gasteiger partial charge on any atom is 0.407 e. The topological polar surface area (TPSA) is 128 Å². The molecule has 0 bridgehead atoms. The van der Waals surface area contributed by atoms with Crippen molar-refractivity contribution < 1.29 is 23.1 Å². The fourth-order valence-corrected chi connectivity index (χ4v) is 6.97. The van der Waals surface area contributed by atoms with Crippen molar-refractivity contribution >= 4 is 21.9 Å². The first-order valence-corrected chi connectivity index (χ1v) is 13.7. The zero-order valence-electron chi connectivity index (χ0n) is 19.6. The fourth-order valence-electron chi connectivity index (χ4n) is 5.22. The molecule has 1 aliphatic carbocycles. The molecule has 3 aliphatic heterocycles. The van der Waals surface area contributed by atoms with Gasteiger partial charge in [0.2, 0.25) is 15.9 Å². The van der Waals surface area contributed by atoms with Crippen LogP contribution in [0.2, 0.25) is 0 Å². The number of carbonyl (C=O) groups is 1. The molecule has 2 atom stereocenters. The number of likely N-dealkylation sites (tertiary alicyclic amines) is 1. The molecule has 2 unspecified atom stereocenters. The largest absolute Gasteiger partial charge is 0.476 e. The summed E-state index contributed by atoms with van der Waals surface area (Å²) < 4.78 is 32.7. The molecule has 11 nitrogen and oxygen atoms in total. The molecule has 34 heavy (non-hydrogen) atoms. The van der Waals surface area contributed by atoms with E-state index in [4.69, 9.17) is 4.74 Å². The number of anilines is 1. The molecule has 2 N–H and O–H groups in total. The molecule has 12 heteroatoms. The van der Waals surface area contributed by atoms with E-state index >= 15 is 0 Å². The number of hydrogen-bond acceptors (Lipinski definition) is 8. The average Bonchev–Trinajstić information content (AvgIpc) is 3.55. The summed E-state index contributed by atoms with van der Waals surface area (Å²) in [6, 6.07) is 0.0591. The lowest BCUT2D eigenvalue weighted by Crippen LogP contribution is -2.59. The molecule has 1 saturated carbocycles. The maximum absolute atomic E-state index is 12.6. The van der Waals surface area contributed by atoms with Crippen LogP contribution in [0, 0.1) is 11.3 Å². The van der Waals surface area contributed by atoms with Crippen LogP contribution < -0.4 is 15.0 Å². The van der Waals surface area contributed by atoms with Gasteiger partial charge in [-0.3, -0.25) is 0 Å². The molecule has 4 fully saturated rings. The molecular weight excluding hydrogens is 460 g/mol. The van der Waals surface area contributed by atoms with Crippen molar-refractivity contribution in [3.63, 3.8) is 0 Å². The second-order valence-electron chi connectivity index (χ2n) is 10.3. The highest BCUT2D eigenvalue weighted by Crippen LogP contribution is 2.53. The number of nitrogens with zero attached hydrogens (tertiary/aromatic N) is 5. The van der Waals surface area contributed by atoms with Crippen molar-refractivity contribution in [2.75, 3.05) is 57.3 Å². The van der Waals surface area contributed by atoms with Gasteiger partial charge in [-0.25, -0.2) is 23.2 Å². The number of ether oxygens (including phenoxy) is 1. The number of amides is 1. The summed E-state index contributed by atoms with van der Waals surface area (Å²) >= 11 is 0. The van der Waals surface area contributed by atoms with Crippen LogP contribution in [0.3, 0.4) is 0 Å². The van der Waals surface area contributed by atoms with Crippen LogP contribution >= 0.6 is 0 Å². The molecule has 1 aromatic rings. The number of piperidine rings is 1. The van der Waals surface area contributed by atoms with Gasteiger partial charge in [0.25, 0.3) is 0 Å². The van der Waals surface area contributed by atoms with E-state index in [2.05, 4.69) is 22.2 Å². The van der Waals surface area contributed by atoms with Crippen LogP contribution in [0.4, 0.5) is 10.6 Å². The Morgan fingerprint density at radius 3 is 2.47 bits per heavy atom. The lowest BCUT2D eigenvalue weighted by atomic mass is 9.83. The summed E-state index contributed by atoms with van der Waals surface area (Å²) in [7, 11) is -3.22. The Kier molecular flexibility index (Phi) is 6.32. The highest BCUT2D eigenvalue weighted by molar-refractivity contribution is 7.89. The third kappa shape index (κ3) is 4.67. The van der Waals surface area contributed by atoms with E-state index in [1.807, 2.05) is 4.90 Å². The van der Waals surface area contributed by atoms with Crippen LogP contribution in [0.1, 0.15) is 32.6 Å². The molecule has 5 rings (SSSR count). The monoisotopic (exact) mass is 494 g/mol.